The van der Waals surface area contributed by atoms with E-state index in [0.717, 1.165) is 23.3 Å². The molecule has 1 N–H and O–H groups in total. The van der Waals surface area contributed by atoms with Gasteiger partial charge in [-0.05, 0) is 72.7 Å². The van der Waals surface area contributed by atoms with Crippen molar-refractivity contribution in [1.82, 2.24) is 0 Å². The molecule has 1 atom stereocenters. The summed E-state index contributed by atoms with van der Waals surface area (Å²) in [5, 5.41) is 20.3. The van der Waals surface area contributed by atoms with Crippen molar-refractivity contribution >= 4 is 5.69 Å². The standard InChI is InChI=1S/C23H23NO4/c1-15(12-18-4-8-21(25)9-5-18)19-6-10-22(16(2)13-19)28-23-11-7-20(24(26)27)14-17(23)3/h4-11,13-15,25H,12H2,1-3H3. The molecule has 0 heterocycles. The first-order valence-electron chi connectivity index (χ1n) is 9.15. The van der Waals surface area contributed by atoms with Crippen LogP contribution in [0.1, 0.15) is 35.1 Å². The molecule has 0 fully saturated rings. The van der Waals surface area contributed by atoms with E-state index in [2.05, 4.69) is 13.0 Å². The minimum absolute atomic E-state index is 0.0555. The van der Waals surface area contributed by atoms with Crippen LogP contribution in [-0.4, -0.2) is 10.0 Å². The molecule has 5 heteroatoms. The van der Waals surface area contributed by atoms with Gasteiger partial charge in [-0.15, -0.1) is 0 Å². The number of hydrogen-bond acceptors (Lipinski definition) is 4. The molecule has 0 saturated carbocycles. The lowest BCUT2D eigenvalue weighted by Gasteiger charge is -2.16. The topological polar surface area (TPSA) is 72.6 Å². The van der Waals surface area contributed by atoms with Crippen molar-refractivity contribution in [2.24, 2.45) is 0 Å². The van der Waals surface area contributed by atoms with Crippen LogP contribution in [0.2, 0.25) is 0 Å². The van der Waals surface area contributed by atoms with Gasteiger partial charge in [0.2, 0.25) is 0 Å². The van der Waals surface area contributed by atoms with Gasteiger partial charge in [-0.3, -0.25) is 10.1 Å². The minimum atomic E-state index is -0.410. The van der Waals surface area contributed by atoms with Crippen LogP contribution in [0.5, 0.6) is 17.2 Å². The maximum atomic E-state index is 10.9. The number of aromatic hydroxyl groups is 1. The molecule has 3 aromatic rings. The van der Waals surface area contributed by atoms with E-state index < -0.39 is 4.92 Å². The van der Waals surface area contributed by atoms with Gasteiger partial charge in [-0.25, -0.2) is 0 Å². The van der Waals surface area contributed by atoms with Gasteiger partial charge in [0.1, 0.15) is 17.2 Å². The largest absolute Gasteiger partial charge is 0.508 e. The molecular weight excluding hydrogens is 354 g/mol. The van der Waals surface area contributed by atoms with Gasteiger partial charge in [0.05, 0.1) is 4.92 Å². The second kappa shape index (κ2) is 8.13. The summed E-state index contributed by atoms with van der Waals surface area (Å²) >= 11 is 0. The second-order valence-corrected chi connectivity index (χ2v) is 7.11. The Morgan fingerprint density at radius 1 is 0.964 bits per heavy atom. The highest BCUT2D eigenvalue weighted by Crippen LogP contribution is 2.32. The van der Waals surface area contributed by atoms with E-state index in [1.165, 1.54) is 23.3 Å². The predicted molar refractivity (Wildman–Crippen MR) is 109 cm³/mol. The third-order valence-electron chi connectivity index (χ3n) is 4.84. The quantitative estimate of drug-likeness (QED) is 0.419. The first kappa shape index (κ1) is 19.4. The number of non-ortho nitro benzene ring substituents is 1. The van der Waals surface area contributed by atoms with Crippen LogP contribution in [-0.2, 0) is 6.42 Å². The molecule has 3 aromatic carbocycles. The smallest absolute Gasteiger partial charge is 0.269 e. The van der Waals surface area contributed by atoms with Gasteiger partial charge in [-0.2, -0.15) is 0 Å². The average Bonchev–Trinajstić information content (AvgIpc) is 2.66. The van der Waals surface area contributed by atoms with Gasteiger partial charge in [0.15, 0.2) is 0 Å². The Hall–Kier alpha value is -3.34. The summed E-state index contributed by atoms with van der Waals surface area (Å²) in [5.74, 6) is 1.94. The normalized spacial score (nSPS) is 11.8. The SMILES string of the molecule is Cc1cc(C(C)Cc2ccc(O)cc2)ccc1Oc1ccc([N+](=O)[O-])cc1C. The summed E-state index contributed by atoms with van der Waals surface area (Å²) in [6.45, 7) is 5.96. The maximum Gasteiger partial charge on any atom is 0.269 e. The molecule has 0 amide bonds. The lowest BCUT2D eigenvalue weighted by Crippen LogP contribution is -2.00. The molecule has 0 radical (unpaired) electrons. The summed E-state index contributed by atoms with van der Waals surface area (Å²) in [6, 6.07) is 18.0. The Labute approximate surface area is 164 Å². The van der Waals surface area contributed by atoms with E-state index >= 15 is 0 Å². The van der Waals surface area contributed by atoms with Gasteiger partial charge in [-0.1, -0.05) is 31.2 Å². The summed E-state index contributed by atoms with van der Waals surface area (Å²) in [5.41, 5.74) is 4.16. The molecule has 0 spiro atoms. The monoisotopic (exact) mass is 377 g/mol. The maximum absolute atomic E-state index is 10.9. The second-order valence-electron chi connectivity index (χ2n) is 7.11. The number of rotatable bonds is 6. The van der Waals surface area contributed by atoms with Crippen molar-refractivity contribution in [1.29, 1.82) is 0 Å². The molecule has 28 heavy (non-hydrogen) atoms. The summed E-state index contributed by atoms with van der Waals surface area (Å²) < 4.78 is 5.99. The van der Waals surface area contributed by atoms with Crippen molar-refractivity contribution in [2.75, 3.05) is 0 Å². The van der Waals surface area contributed by atoms with Crippen LogP contribution < -0.4 is 4.74 Å². The molecule has 0 aliphatic carbocycles. The zero-order chi connectivity index (χ0) is 20.3. The zero-order valence-electron chi connectivity index (χ0n) is 16.2. The average molecular weight is 377 g/mol. The highest BCUT2D eigenvalue weighted by atomic mass is 16.6. The van der Waals surface area contributed by atoms with Crippen molar-refractivity contribution in [3.63, 3.8) is 0 Å². The lowest BCUT2D eigenvalue weighted by molar-refractivity contribution is -0.384. The first-order chi connectivity index (χ1) is 13.3. The number of nitro benzene ring substituents is 1. The third-order valence-corrected chi connectivity index (χ3v) is 4.84. The number of nitro groups is 1. The minimum Gasteiger partial charge on any atom is -0.508 e. The van der Waals surface area contributed by atoms with Crippen molar-refractivity contribution < 1.29 is 14.8 Å². The third kappa shape index (κ3) is 4.49. The molecule has 0 bridgehead atoms. The Bertz CT molecular complexity index is 996. The van der Waals surface area contributed by atoms with Gasteiger partial charge in [0, 0.05) is 12.1 Å². The molecule has 0 saturated heterocycles. The van der Waals surface area contributed by atoms with Gasteiger partial charge in [0.25, 0.3) is 5.69 Å². The molecule has 144 valence electrons. The molecule has 0 aliphatic heterocycles. The fraction of sp³-hybridized carbons (Fsp3) is 0.217. The van der Waals surface area contributed by atoms with Crippen LogP contribution in [0, 0.1) is 24.0 Å². The van der Waals surface area contributed by atoms with Crippen LogP contribution in [0.15, 0.2) is 60.7 Å². The zero-order valence-corrected chi connectivity index (χ0v) is 16.2. The Morgan fingerprint density at radius 2 is 1.57 bits per heavy atom. The van der Waals surface area contributed by atoms with Gasteiger partial charge < -0.3 is 9.84 Å². The fourth-order valence-corrected chi connectivity index (χ4v) is 3.18. The van der Waals surface area contributed by atoms with Crippen molar-refractivity contribution in [2.45, 2.75) is 33.1 Å². The predicted octanol–water partition coefficient (Wildman–Crippen LogP) is 6.06. The van der Waals surface area contributed by atoms with Crippen LogP contribution in [0.4, 0.5) is 5.69 Å². The molecular formula is C23H23NO4. The first-order valence-corrected chi connectivity index (χ1v) is 9.15. The number of aryl methyl sites for hydroxylation is 2. The molecule has 0 aromatic heterocycles. The number of phenols is 1. The van der Waals surface area contributed by atoms with Crippen LogP contribution in [0.25, 0.3) is 0 Å². The fourth-order valence-electron chi connectivity index (χ4n) is 3.18. The van der Waals surface area contributed by atoms with E-state index in [-0.39, 0.29) is 11.4 Å². The summed E-state index contributed by atoms with van der Waals surface area (Å²) in [7, 11) is 0. The van der Waals surface area contributed by atoms with E-state index in [9.17, 15) is 15.2 Å². The Kier molecular flexibility index (Phi) is 5.64. The van der Waals surface area contributed by atoms with Gasteiger partial charge >= 0.3 is 0 Å². The number of nitrogens with zero attached hydrogens (tertiary/aromatic N) is 1. The highest BCUT2D eigenvalue weighted by molar-refractivity contribution is 5.47. The summed E-state index contributed by atoms with van der Waals surface area (Å²) in [4.78, 5) is 10.5. The Morgan fingerprint density at radius 3 is 2.14 bits per heavy atom. The number of benzene rings is 3. The summed E-state index contributed by atoms with van der Waals surface area (Å²) in [6.07, 6.45) is 0.876. The highest BCUT2D eigenvalue weighted by Gasteiger charge is 2.12. The van der Waals surface area contributed by atoms with Crippen molar-refractivity contribution in [3.05, 3.63) is 93.0 Å². The van der Waals surface area contributed by atoms with E-state index in [4.69, 9.17) is 4.74 Å². The number of hydrogen-bond donors (Lipinski definition) is 1. The van der Waals surface area contributed by atoms with E-state index in [1.54, 1.807) is 25.1 Å². The van der Waals surface area contributed by atoms with E-state index in [0.29, 0.717) is 11.7 Å². The van der Waals surface area contributed by atoms with Crippen LogP contribution in [0.3, 0.4) is 0 Å². The molecule has 0 aliphatic rings. The Balaban J connectivity index is 1.75. The number of phenolic OH excluding ortho intramolecular Hbond substituents is 1. The lowest BCUT2D eigenvalue weighted by atomic mass is 9.92. The van der Waals surface area contributed by atoms with Crippen LogP contribution >= 0.6 is 0 Å². The van der Waals surface area contributed by atoms with E-state index in [1.807, 2.05) is 31.2 Å². The molecule has 1 unspecified atom stereocenters. The number of ether oxygens (including phenoxy) is 1. The van der Waals surface area contributed by atoms with Crippen molar-refractivity contribution in [3.8, 4) is 17.2 Å². The molecule has 3 rings (SSSR count). The molecule has 5 nitrogen and oxygen atoms in total.